The van der Waals surface area contributed by atoms with E-state index in [1.165, 1.54) is 5.56 Å². The van der Waals surface area contributed by atoms with Gasteiger partial charge in [0.2, 0.25) is 0 Å². The zero-order chi connectivity index (χ0) is 27.9. The van der Waals surface area contributed by atoms with Gasteiger partial charge in [-0.15, -0.1) is 0 Å². The Morgan fingerprint density at radius 2 is 1.24 bits per heavy atom. The van der Waals surface area contributed by atoms with Crippen LogP contribution in [0.4, 0.5) is 0 Å². The summed E-state index contributed by atoms with van der Waals surface area (Å²) < 4.78 is 38.2. The molecule has 0 aromatic heterocycles. The van der Waals surface area contributed by atoms with Gasteiger partial charge in [0.15, 0.2) is 6.79 Å². The predicted molar refractivity (Wildman–Crippen MR) is 151 cm³/mol. The molecule has 0 bridgehead atoms. The molecule has 3 aromatic rings. The van der Waals surface area contributed by atoms with E-state index in [-0.39, 0.29) is 31.1 Å². The first-order valence-corrected chi connectivity index (χ1v) is 14.4. The topological polar surface area (TPSA) is 88.3 Å². The van der Waals surface area contributed by atoms with Crippen LogP contribution in [0.25, 0.3) is 11.1 Å². The van der Waals surface area contributed by atoms with Crippen molar-refractivity contribution >= 4 is 5.97 Å². The van der Waals surface area contributed by atoms with Gasteiger partial charge in [-0.3, -0.25) is 0 Å². The molecule has 0 N–H and O–H groups in total. The second-order valence-electron chi connectivity index (χ2n) is 10.7. The first-order chi connectivity index (χ1) is 20.2. The molecule has 0 spiro atoms. The molecule has 3 aliphatic rings. The van der Waals surface area contributed by atoms with Crippen LogP contribution in [-0.4, -0.2) is 64.3 Å². The molecule has 3 fully saturated rings. The number of esters is 1. The van der Waals surface area contributed by atoms with Gasteiger partial charge in [0.25, 0.3) is 0 Å². The van der Waals surface area contributed by atoms with Gasteiger partial charge in [0.05, 0.1) is 38.1 Å². The highest BCUT2D eigenvalue weighted by Gasteiger charge is 2.25. The molecule has 2 heterocycles. The van der Waals surface area contributed by atoms with Crippen molar-refractivity contribution in [2.24, 2.45) is 0 Å². The minimum absolute atomic E-state index is 0.200. The van der Waals surface area contributed by atoms with Crippen LogP contribution in [-0.2, 0) is 23.7 Å². The van der Waals surface area contributed by atoms with Crippen molar-refractivity contribution in [2.45, 2.75) is 49.9 Å². The number of benzene rings is 3. The third-order valence-electron chi connectivity index (χ3n) is 7.65. The van der Waals surface area contributed by atoms with E-state index in [9.17, 15) is 4.79 Å². The average Bonchev–Trinajstić information content (AvgIpc) is 3.95. The van der Waals surface area contributed by atoms with Crippen LogP contribution < -0.4 is 9.47 Å². The summed E-state index contributed by atoms with van der Waals surface area (Å²) in [6, 6.07) is 23.1. The fourth-order valence-corrected chi connectivity index (χ4v) is 5.02. The molecule has 1 aliphatic carbocycles. The van der Waals surface area contributed by atoms with Crippen LogP contribution in [0.3, 0.4) is 0 Å². The standard InChI is InChI=1S/C33H36O8/c34-33(27-3-1-23(2-4-27)24-5-11-28(12-6-24)39-21-35-17-31-19-37-31)41-30-15-9-26(10-16-30)25-7-13-29(14-8-25)40-22-36-18-32-20-38-32/h1-4,7-10,13-16,24,28,31-32H,5-6,11-12,17-22H2. The SMILES string of the molecule is O=C(Oc1ccc(-c2ccc(OCOCC3CO3)cc2)cc1)c1ccc(C2CCC(OCOCC3CO3)CC2)cc1. The summed E-state index contributed by atoms with van der Waals surface area (Å²) in [4.78, 5) is 12.8. The van der Waals surface area contributed by atoms with Gasteiger partial charge >= 0.3 is 5.97 Å². The molecule has 3 aromatic carbocycles. The van der Waals surface area contributed by atoms with Crippen LogP contribution in [0.15, 0.2) is 72.8 Å². The number of hydrogen-bond donors (Lipinski definition) is 0. The van der Waals surface area contributed by atoms with Crippen molar-refractivity contribution in [1.29, 1.82) is 0 Å². The van der Waals surface area contributed by atoms with E-state index in [1.54, 1.807) is 0 Å². The molecular weight excluding hydrogens is 524 g/mol. The summed E-state index contributed by atoms with van der Waals surface area (Å²) in [5.41, 5.74) is 3.85. The van der Waals surface area contributed by atoms with Crippen LogP contribution in [0.5, 0.6) is 11.5 Å². The molecule has 2 aliphatic heterocycles. The van der Waals surface area contributed by atoms with E-state index in [1.807, 2.05) is 72.8 Å². The van der Waals surface area contributed by atoms with Crippen LogP contribution >= 0.6 is 0 Å². The molecule has 2 atom stereocenters. The molecule has 2 unspecified atom stereocenters. The first kappa shape index (κ1) is 27.9. The van der Waals surface area contributed by atoms with E-state index in [0.717, 1.165) is 55.8 Å². The zero-order valence-electron chi connectivity index (χ0n) is 23.1. The maximum absolute atomic E-state index is 12.8. The van der Waals surface area contributed by atoms with Crippen molar-refractivity contribution in [2.75, 3.05) is 40.0 Å². The molecule has 8 nitrogen and oxygen atoms in total. The van der Waals surface area contributed by atoms with E-state index >= 15 is 0 Å². The largest absolute Gasteiger partial charge is 0.468 e. The Kier molecular flexibility index (Phi) is 9.24. The normalized spacial score (nSPS) is 23.1. The smallest absolute Gasteiger partial charge is 0.343 e. The fourth-order valence-electron chi connectivity index (χ4n) is 5.02. The Hall–Kier alpha value is -3.27. The number of carbonyl (C=O) groups is 1. The summed E-state index contributed by atoms with van der Waals surface area (Å²) in [6.07, 6.45) is 4.89. The maximum atomic E-state index is 12.8. The van der Waals surface area contributed by atoms with Crippen molar-refractivity contribution in [1.82, 2.24) is 0 Å². The molecule has 41 heavy (non-hydrogen) atoms. The number of rotatable bonds is 14. The number of carbonyl (C=O) groups excluding carboxylic acids is 1. The molecule has 6 rings (SSSR count). The highest BCUT2D eigenvalue weighted by molar-refractivity contribution is 5.91. The van der Waals surface area contributed by atoms with Gasteiger partial charge in [-0.25, -0.2) is 4.79 Å². The monoisotopic (exact) mass is 560 g/mol. The quantitative estimate of drug-likeness (QED) is 0.0811. The van der Waals surface area contributed by atoms with Gasteiger partial charge in [-0.05, 0) is 84.7 Å². The Bertz CT molecular complexity index is 1240. The lowest BCUT2D eigenvalue weighted by Gasteiger charge is -2.28. The van der Waals surface area contributed by atoms with E-state index in [0.29, 0.717) is 37.2 Å². The van der Waals surface area contributed by atoms with Gasteiger partial charge in [0.1, 0.15) is 30.5 Å². The molecule has 0 radical (unpaired) electrons. The summed E-state index contributed by atoms with van der Waals surface area (Å²) >= 11 is 0. The minimum Gasteiger partial charge on any atom is -0.468 e. The molecular formula is C33H36O8. The molecule has 8 heteroatoms. The average molecular weight is 561 g/mol. The van der Waals surface area contributed by atoms with Gasteiger partial charge < -0.3 is 33.2 Å². The lowest BCUT2D eigenvalue weighted by atomic mass is 9.82. The third kappa shape index (κ3) is 8.38. The fraction of sp³-hybridized carbons (Fsp3) is 0.424. The Balaban J connectivity index is 0.934. The van der Waals surface area contributed by atoms with Gasteiger partial charge in [-0.1, -0.05) is 36.4 Å². The highest BCUT2D eigenvalue weighted by atomic mass is 16.7. The summed E-state index contributed by atoms with van der Waals surface area (Å²) in [7, 11) is 0. The summed E-state index contributed by atoms with van der Waals surface area (Å²) in [6.45, 7) is 3.29. The second kappa shape index (κ2) is 13.6. The van der Waals surface area contributed by atoms with E-state index in [4.69, 9.17) is 33.2 Å². The highest BCUT2D eigenvalue weighted by Crippen LogP contribution is 2.34. The third-order valence-corrected chi connectivity index (χ3v) is 7.65. The Morgan fingerprint density at radius 1 is 0.683 bits per heavy atom. The Morgan fingerprint density at radius 3 is 1.83 bits per heavy atom. The number of epoxide rings is 2. The molecule has 0 amide bonds. The molecule has 216 valence electrons. The maximum Gasteiger partial charge on any atom is 0.343 e. The van der Waals surface area contributed by atoms with Crippen LogP contribution in [0.1, 0.15) is 47.5 Å². The van der Waals surface area contributed by atoms with Crippen molar-refractivity contribution in [3.05, 3.63) is 83.9 Å². The number of hydrogen-bond acceptors (Lipinski definition) is 8. The first-order valence-electron chi connectivity index (χ1n) is 14.4. The van der Waals surface area contributed by atoms with Crippen molar-refractivity contribution in [3.63, 3.8) is 0 Å². The molecule has 1 saturated carbocycles. The van der Waals surface area contributed by atoms with Gasteiger partial charge in [0, 0.05) is 0 Å². The Labute approximate surface area is 240 Å². The van der Waals surface area contributed by atoms with Gasteiger partial charge in [-0.2, -0.15) is 0 Å². The van der Waals surface area contributed by atoms with Crippen molar-refractivity contribution < 1.29 is 38.0 Å². The second-order valence-corrected chi connectivity index (χ2v) is 10.7. The number of ether oxygens (including phenoxy) is 7. The van der Waals surface area contributed by atoms with Crippen LogP contribution in [0.2, 0.25) is 0 Å². The van der Waals surface area contributed by atoms with Crippen molar-refractivity contribution in [3.8, 4) is 22.6 Å². The van der Waals surface area contributed by atoms with E-state index < -0.39 is 0 Å². The van der Waals surface area contributed by atoms with Crippen LogP contribution in [0, 0.1) is 0 Å². The predicted octanol–water partition coefficient (Wildman–Crippen LogP) is 5.74. The summed E-state index contributed by atoms with van der Waals surface area (Å²) in [5, 5.41) is 0. The lowest BCUT2D eigenvalue weighted by molar-refractivity contribution is -0.102. The minimum atomic E-state index is -0.366. The molecule has 2 saturated heterocycles. The lowest BCUT2D eigenvalue weighted by Crippen LogP contribution is -2.22. The van der Waals surface area contributed by atoms with E-state index in [2.05, 4.69) is 0 Å². The zero-order valence-corrected chi connectivity index (χ0v) is 23.1. The summed E-state index contributed by atoms with van der Waals surface area (Å²) in [5.74, 6) is 1.36.